The summed E-state index contributed by atoms with van der Waals surface area (Å²) >= 11 is 1.95. The lowest BCUT2D eigenvalue weighted by Gasteiger charge is -2.28. The van der Waals surface area contributed by atoms with Crippen LogP contribution in [-0.2, 0) is 6.54 Å². The van der Waals surface area contributed by atoms with Gasteiger partial charge in [0.1, 0.15) is 17.0 Å². The number of hydrogen-bond acceptors (Lipinski definition) is 7. The number of aryl methyl sites for hydroxylation is 1. The lowest BCUT2D eigenvalue weighted by molar-refractivity contribution is 0.0945. The lowest BCUT2D eigenvalue weighted by atomic mass is 10.2. The number of carbonyl (C=O) groups excluding carboxylic acids is 1. The summed E-state index contributed by atoms with van der Waals surface area (Å²) in [6.07, 6.45) is 1.85. The summed E-state index contributed by atoms with van der Waals surface area (Å²) < 4.78 is 12.4. The number of fused-ring (bicyclic) bond motifs is 1. The van der Waals surface area contributed by atoms with Gasteiger partial charge in [-0.15, -0.1) is 0 Å². The van der Waals surface area contributed by atoms with Crippen LogP contribution in [0.4, 0.5) is 5.82 Å². The van der Waals surface area contributed by atoms with Crippen LogP contribution in [-0.4, -0.2) is 59.3 Å². The van der Waals surface area contributed by atoms with E-state index < -0.39 is 0 Å². The number of methoxy groups -OCH3 is 2. The molecule has 1 aliphatic heterocycles. The maximum atomic E-state index is 12.8. The lowest BCUT2D eigenvalue weighted by Crippen LogP contribution is -2.33. The second kappa shape index (κ2) is 8.83. The third-order valence-electron chi connectivity index (χ3n) is 5.03. The Kier molecular flexibility index (Phi) is 5.98. The average Bonchev–Trinajstić information content (AvgIpc) is 3.21. The second-order valence-electron chi connectivity index (χ2n) is 7.03. The van der Waals surface area contributed by atoms with Crippen molar-refractivity contribution in [1.29, 1.82) is 0 Å². The normalized spacial score (nSPS) is 14.0. The standard InChI is InChI=1S/C21H25N5O3S/c1-14-13-26-18(20(23-14)25-6-8-30-9-7-25)11-17(24-26)21(27)22-12-15-4-5-16(28-2)10-19(15)29-3/h4-5,10-11,13H,6-9,12H2,1-3H3,(H,22,27). The summed E-state index contributed by atoms with van der Waals surface area (Å²) in [5.41, 5.74) is 2.94. The molecular formula is C21H25N5O3S. The molecule has 1 fully saturated rings. The number of benzene rings is 1. The Morgan fingerprint density at radius 2 is 2.00 bits per heavy atom. The molecule has 9 heteroatoms. The Labute approximate surface area is 179 Å². The van der Waals surface area contributed by atoms with Gasteiger partial charge in [0.25, 0.3) is 5.91 Å². The van der Waals surface area contributed by atoms with E-state index in [1.807, 2.05) is 43.1 Å². The van der Waals surface area contributed by atoms with Gasteiger partial charge in [-0.1, -0.05) is 0 Å². The van der Waals surface area contributed by atoms with Crippen molar-refractivity contribution >= 4 is 29.0 Å². The highest BCUT2D eigenvalue weighted by atomic mass is 32.2. The molecule has 3 heterocycles. The molecule has 1 N–H and O–H groups in total. The zero-order valence-electron chi connectivity index (χ0n) is 17.3. The van der Waals surface area contributed by atoms with Crippen molar-refractivity contribution in [2.24, 2.45) is 0 Å². The molecule has 1 aliphatic rings. The van der Waals surface area contributed by atoms with Crippen LogP contribution in [0.3, 0.4) is 0 Å². The molecule has 0 spiro atoms. The zero-order valence-corrected chi connectivity index (χ0v) is 18.2. The van der Waals surface area contributed by atoms with E-state index in [2.05, 4.69) is 15.3 Å². The van der Waals surface area contributed by atoms with Crippen LogP contribution in [0.15, 0.2) is 30.5 Å². The first-order valence-electron chi connectivity index (χ1n) is 9.78. The van der Waals surface area contributed by atoms with Gasteiger partial charge in [-0.05, 0) is 19.1 Å². The molecule has 4 rings (SSSR count). The summed E-state index contributed by atoms with van der Waals surface area (Å²) in [6.45, 7) is 4.16. The first-order valence-corrected chi connectivity index (χ1v) is 10.9. The number of nitrogens with one attached hydrogen (secondary N) is 1. The smallest absolute Gasteiger partial charge is 0.272 e. The van der Waals surface area contributed by atoms with E-state index in [1.54, 1.807) is 24.8 Å². The largest absolute Gasteiger partial charge is 0.497 e. The van der Waals surface area contributed by atoms with E-state index in [-0.39, 0.29) is 5.91 Å². The van der Waals surface area contributed by atoms with Gasteiger partial charge in [-0.3, -0.25) is 4.79 Å². The average molecular weight is 428 g/mol. The fourth-order valence-corrected chi connectivity index (χ4v) is 4.38. The molecule has 3 aromatic rings. The predicted octanol–water partition coefficient (Wildman–Crippen LogP) is 2.54. The highest BCUT2D eigenvalue weighted by molar-refractivity contribution is 7.99. The van der Waals surface area contributed by atoms with Crippen molar-refractivity contribution < 1.29 is 14.3 Å². The minimum absolute atomic E-state index is 0.241. The van der Waals surface area contributed by atoms with Crippen LogP contribution in [0, 0.1) is 6.92 Å². The Morgan fingerprint density at radius 1 is 1.20 bits per heavy atom. The summed E-state index contributed by atoms with van der Waals surface area (Å²) in [4.78, 5) is 19.8. The molecule has 0 saturated carbocycles. The third-order valence-corrected chi connectivity index (χ3v) is 5.98. The molecule has 0 atom stereocenters. The fraction of sp³-hybridized carbons (Fsp3) is 0.381. The number of amides is 1. The molecule has 1 aromatic carbocycles. The van der Waals surface area contributed by atoms with Crippen molar-refractivity contribution in [1.82, 2.24) is 19.9 Å². The number of nitrogens with zero attached hydrogens (tertiary/aromatic N) is 4. The number of rotatable bonds is 6. The van der Waals surface area contributed by atoms with Gasteiger partial charge in [0.05, 0.1) is 26.1 Å². The Balaban J connectivity index is 1.55. The molecule has 0 radical (unpaired) electrons. The fourth-order valence-electron chi connectivity index (χ4n) is 3.47. The van der Waals surface area contributed by atoms with Crippen LogP contribution >= 0.6 is 11.8 Å². The van der Waals surface area contributed by atoms with Crippen molar-refractivity contribution in [3.05, 3.63) is 47.4 Å². The second-order valence-corrected chi connectivity index (χ2v) is 8.25. The summed E-state index contributed by atoms with van der Waals surface area (Å²) in [5.74, 6) is 4.16. The van der Waals surface area contributed by atoms with E-state index >= 15 is 0 Å². The van der Waals surface area contributed by atoms with Gasteiger partial charge < -0.3 is 19.7 Å². The number of hydrogen-bond donors (Lipinski definition) is 1. The maximum absolute atomic E-state index is 12.8. The third kappa shape index (κ3) is 4.16. The van der Waals surface area contributed by atoms with Crippen molar-refractivity contribution in [3.63, 3.8) is 0 Å². The Hall–Kier alpha value is -2.94. The first-order chi connectivity index (χ1) is 14.6. The number of thioether (sulfide) groups is 1. The molecule has 0 unspecified atom stereocenters. The molecule has 158 valence electrons. The van der Waals surface area contributed by atoms with Crippen LogP contribution in [0.5, 0.6) is 11.5 Å². The quantitative estimate of drug-likeness (QED) is 0.647. The monoisotopic (exact) mass is 427 g/mol. The molecule has 1 amide bonds. The molecule has 0 aliphatic carbocycles. The minimum Gasteiger partial charge on any atom is -0.497 e. The topological polar surface area (TPSA) is 81.0 Å². The van der Waals surface area contributed by atoms with E-state index in [0.29, 0.717) is 23.7 Å². The minimum atomic E-state index is -0.241. The van der Waals surface area contributed by atoms with Crippen LogP contribution < -0.4 is 19.7 Å². The van der Waals surface area contributed by atoms with Gasteiger partial charge in [0, 0.05) is 48.8 Å². The first kappa shape index (κ1) is 20.3. The molecule has 30 heavy (non-hydrogen) atoms. The van der Waals surface area contributed by atoms with Gasteiger partial charge in [-0.25, -0.2) is 9.50 Å². The number of carbonyl (C=O) groups is 1. The number of ether oxygens (including phenoxy) is 2. The van der Waals surface area contributed by atoms with Crippen LogP contribution in [0.2, 0.25) is 0 Å². The van der Waals surface area contributed by atoms with Gasteiger partial charge in [0.2, 0.25) is 0 Å². The van der Waals surface area contributed by atoms with Gasteiger partial charge in [0.15, 0.2) is 11.5 Å². The molecule has 2 aromatic heterocycles. The highest BCUT2D eigenvalue weighted by Crippen LogP contribution is 2.25. The van der Waals surface area contributed by atoms with E-state index in [0.717, 1.165) is 47.2 Å². The summed E-state index contributed by atoms with van der Waals surface area (Å²) in [6, 6.07) is 7.32. The molecular weight excluding hydrogens is 402 g/mol. The molecule has 8 nitrogen and oxygen atoms in total. The number of aromatic nitrogens is 3. The van der Waals surface area contributed by atoms with Gasteiger partial charge >= 0.3 is 0 Å². The highest BCUT2D eigenvalue weighted by Gasteiger charge is 2.20. The van der Waals surface area contributed by atoms with E-state index in [1.165, 1.54) is 0 Å². The molecule has 1 saturated heterocycles. The summed E-state index contributed by atoms with van der Waals surface area (Å²) in [7, 11) is 3.20. The van der Waals surface area contributed by atoms with Crippen LogP contribution in [0.25, 0.3) is 5.52 Å². The number of anilines is 1. The van der Waals surface area contributed by atoms with E-state index in [4.69, 9.17) is 14.5 Å². The Bertz CT molecular complexity index is 1060. The van der Waals surface area contributed by atoms with Crippen molar-refractivity contribution in [2.45, 2.75) is 13.5 Å². The zero-order chi connectivity index (χ0) is 21.1. The van der Waals surface area contributed by atoms with Crippen molar-refractivity contribution in [2.75, 3.05) is 43.7 Å². The van der Waals surface area contributed by atoms with Crippen molar-refractivity contribution in [3.8, 4) is 11.5 Å². The molecule has 0 bridgehead atoms. The van der Waals surface area contributed by atoms with Crippen LogP contribution in [0.1, 0.15) is 21.7 Å². The van der Waals surface area contributed by atoms with Gasteiger partial charge in [-0.2, -0.15) is 16.9 Å². The Morgan fingerprint density at radius 3 is 2.73 bits per heavy atom. The summed E-state index contributed by atoms with van der Waals surface area (Å²) in [5, 5.41) is 7.42. The maximum Gasteiger partial charge on any atom is 0.272 e. The van der Waals surface area contributed by atoms with E-state index in [9.17, 15) is 4.79 Å². The SMILES string of the molecule is COc1ccc(CNC(=O)c2cc3c(N4CCSCC4)nc(C)cn3n2)c(OC)c1. The predicted molar refractivity (Wildman–Crippen MR) is 118 cm³/mol.